The van der Waals surface area contributed by atoms with Gasteiger partial charge in [-0.2, -0.15) is 0 Å². The lowest BCUT2D eigenvalue weighted by Crippen LogP contribution is -2.23. The summed E-state index contributed by atoms with van der Waals surface area (Å²) in [6.45, 7) is 7.54. The summed E-state index contributed by atoms with van der Waals surface area (Å²) in [5, 5.41) is 5.25. The van der Waals surface area contributed by atoms with Gasteiger partial charge in [-0.15, -0.1) is 11.3 Å². The first-order chi connectivity index (χ1) is 16.2. The van der Waals surface area contributed by atoms with Crippen LogP contribution in [0.15, 0.2) is 63.9 Å². The summed E-state index contributed by atoms with van der Waals surface area (Å²) in [7, 11) is 0. The van der Waals surface area contributed by atoms with E-state index in [4.69, 9.17) is 0 Å². The second-order valence-corrected chi connectivity index (χ2v) is 10.5. The van der Waals surface area contributed by atoms with E-state index < -0.39 is 5.25 Å². The van der Waals surface area contributed by atoms with Crippen molar-refractivity contribution in [2.24, 2.45) is 0 Å². The molecule has 34 heavy (non-hydrogen) atoms. The van der Waals surface area contributed by atoms with Crippen LogP contribution in [0.3, 0.4) is 0 Å². The number of ketones is 1. The molecule has 0 radical (unpaired) electrons. The molecule has 0 bridgehead atoms. The number of Topliss-reactive ketones (excluding diaryl/α,β-unsaturated/α-hetero) is 1. The molecule has 4 aromatic rings. The number of carbonyl (C=O) groups excluding carboxylic acids is 2. The Balaban J connectivity index is 1.51. The fourth-order valence-corrected chi connectivity index (χ4v) is 5.30. The topological polar surface area (TPSA) is 91.9 Å². The second-order valence-electron chi connectivity index (χ2n) is 8.36. The highest BCUT2D eigenvalue weighted by Gasteiger charge is 2.19. The minimum absolute atomic E-state index is 0.0310. The Labute approximate surface area is 205 Å². The number of fused-ring (bicyclic) bond motifs is 1. The van der Waals surface area contributed by atoms with Crippen molar-refractivity contribution in [3.05, 3.63) is 75.4 Å². The standard InChI is InChI=1S/C26H25N3O3S2/c1-14(2)17-5-7-19(8-6-17)21-13-33-25-22(21)24(32)28-26(29-25)34-16(4)23(31)27-20-11-9-18(10-12-20)15(3)30/h5-14,16H,1-4H3,(H,27,31)(H,28,29,32). The van der Waals surface area contributed by atoms with Crippen molar-refractivity contribution in [3.63, 3.8) is 0 Å². The number of hydrogen-bond donors (Lipinski definition) is 2. The van der Waals surface area contributed by atoms with Crippen molar-refractivity contribution in [1.82, 2.24) is 9.97 Å². The summed E-state index contributed by atoms with van der Waals surface area (Å²) in [5.74, 6) is 0.189. The highest BCUT2D eigenvalue weighted by Crippen LogP contribution is 2.33. The quantitative estimate of drug-likeness (QED) is 0.185. The SMILES string of the molecule is CC(=O)c1ccc(NC(=O)C(C)Sc2nc3scc(-c4ccc(C(C)C)cc4)c3c(=O)[nH]2)cc1. The van der Waals surface area contributed by atoms with Gasteiger partial charge in [0.05, 0.1) is 10.6 Å². The molecular weight excluding hydrogens is 466 g/mol. The monoisotopic (exact) mass is 491 g/mol. The first-order valence-corrected chi connectivity index (χ1v) is 12.7. The second kappa shape index (κ2) is 9.95. The number of carbonyl (C=O) groups is 2. The van der Waals surface area contributed by atoms with Crippen LogP contribution < -0.4 is 10.9 Å². The Kier molecular flexibility index (Phi) is 7.00. The maximum Gasteiger partial charge on any atom is 0.260 e. The molecule has 8 heteroatoms. The average molecular weight is 492 g/mol. The van der Waals surface area contributed by atoms with E-state index in [0.29, 0.717) is 32.5 Å². The van der Waals surface area contributed by atoms with Crippen LogP contribution in [-0.4, -0.2) is 26.9 Å². The Bertz CT molecular complexity index is 1400. The predicted octanol–water partition coefficient (Wildman–Crippen LogP) is 6.10. The van der Waals surface area contributed by atoms with E-state index in [1.165, 1.54) is 35.6 Å². The van der Waals surface area contributed by atoms with Gasteiger partial charge in [0, 0.05) is 22.2 Å². The van der Waals surface area contributed by atoms with Gasteiger partial charge in [-0.1, -0.05) is 49.9 Å². The van der Waals surface area contributed by atoms with Crippen molar-refractivity contribution in [2.75, 3.05) is 5.32 Å². The summed E-state index contributed by atoms with van der Waals surface area (Å²) in [4.78, 5) is 45.0. The summed E-state index contributed by atoms with van der Waals surface area (Å²) in [5.41, 5.74) is 4.06. The number of anilines is 1. The molecule has 6 nitrogen and oxygen atoms in total. The van der Waals surface area contributed by atoms with E-state index in [-0.39, 0.29) is 17.2 Å². The molecule has 0 saturated heterocycles. The van der Waals surface area contributed by atoms with E-state index in [1.54, 1.807) is 31.2 Å². The third-order valence-corrected chi connectivity index (χ3v) is 7.38. The summed E-state index contributed by atoms with van der Waals surface area (Å²) < 4.78 is 0. The Morgan fingerprint density at radius 2 is 1.71 bits per heavy atom. The zero-order chi connectivity index (χ0) is 24.4. The molecule has 1 atom stereocenters. The molecule has 2 aromatic heterocycles. The molecule has 2 aromatic carbocycles. The fourth-order valence-electron chi connectivity index (χ4n) is 3.50. The van der Waals surface area contributed by atoms with Crippen molar-refractivity contribution in [1.29, 1.82) is 0 Å². The van der Waals surface area contributed by atoms with Crippen molar-refractivity contribution < 1.29 is 9.59 Å². The van der Waals surface area contributed by atoms with Gasteiger partial charge < -0.3 is 10.3 Å². The van der Waals surface area contributed by atoms with Gasteiger partial charge >= 0.3 is 0 Å². The normalized spacial score (nSPS) is 12.1. The molecule has 0 aliphatic rings. The lowest BCUT2D eigenvalue weighted by molar-refractivity contribution is -0.115. The number of thioether (sulfide) groups is 1. The van der Waals surface area contributed by atoms with Crippen molar-refractivity contribution in [2.45, 2.75) is 44.0 Å². The first-order valence-electron chi connectivity index (χ1n) is 10.9. The molecule has 1 unspecified atom stereocenters. The number of benzene rings is 2. The molecule has 0 saturated carbocycles. The minimum Gasteiger partial charge on any atom is -0.325 e. The van der Waals surface area contributed by atoms with Gasteiger partial charge in [0.2, 0.25) is 5.91 Å². The van der Waals surface area contributed by atoms with Crippen LogP contribution >= 0.6 is 23.1 Å². The van der Waals surface area contributed by atoms with E-state index >= 15 is 0 Å². The van der Waals surface area contributed by atoms with E-state index in [9.17, 15) is 14.4 Å². The minimum atomic E-state index is -0.490. The van der Waals surface area contributed by atoms with Crippen LogP contribution in [0.5, 0.6) is 0 Å². The zero-order valence-corrected chi connectivity index (χ0v) is 21.0. The summed E-state index contributed by atoms with van der Waals surface area (Å²) in [6, 6.07) is 15.0. The average Bonchev–Trinajstić information content (AvgIpc) is 3.24. The van der Waals surface area contributed by atoms with Gasteiger partial charge in [-0.25, -0.2) is 4.98 Å². The van der Waals surface area contributed by atoms with Gasteiger partial charge in [0.15, 0.2) is 10.9 Å². The van der Waals surface area contributed by atoms with Crippen LogP contribution in [0.25, 0.3) is 21.3 Å². The number of aromatic amines is 1. The van der Waals surface area contributed by atoms with Crippen LogP contribution in [0.1, 0.15) is 49.5 Å². The number of hydrogen-bond acceptors (Lipinski definition) is 6. The number of aromatic nitrogens is 2. The van der Waals surface area contributed by atoms with E-state index in [2.05, 4.69) is 41.3 Å². The van der Waals surface area contributed by atoms with Gasteiger partial charge in [-0.05, 0) is 55.2 Å². The molecule has 0 spiro atoms. The Hall–Kier alpha value is -3.23. The predicted molar refractivity (Wildman–Crippen MR) is 140 cm³/mol. The molecule has 174 valence electrons. The molecule has 2 N–H and O–H groups in total. The van der Waals surface area contributed by atoms with Crippen molar-refractivity contribution >= 4 is 50.7 Å². The Morgan fingerprint density at radius 1 is 1.03 bits per heavy atom. The maximum absolute atomic E-state index is 12.9. The highest BCUT2D eigenvalue weighted by molar-refractivity contribution is 8.00. The lowest BCUT2D eigenvalue weighted by Gasteiger charge is -2.12. The van der Waals surface area contributed by atoms with Crippen LogP contribution in [0.4, 0.5) is 5.69 Å². The fraction of sp³-hybridized carbons (Fsp3) is 0.231. The number of nitrogens with zero attached hydrogens (tertiary/aromatic N) is 1. The summed E-state index contributed by atoms with van der Waals surface area (Å²) >= 11 is 2.61. The maximum atomic E-state index is 12.9. The number of thiophene rings is 1. The Morgan fingerprint density at radius 3 is 2.32 bits per heavy atom. The van der Waals surface area contributed by atoms with Crippen LogP contribution in [0.2, 0.25) is 0 Å². The number of H-pyrrole nitrogens is 1. The van der Waals surface area contributed by atoms with E-state index in [1.807, 2.05) is 17.5 Å². The molecular formula is C26H25N3O3S2. The molecule has 0 aliphatic heterocycles. The molecule has 2 heterocycles. The number of amides is 1. The van der Waals surface area contributed by atoms with Gasteiger partial charge in [-0.3, -0.25) is 14.4 Å². The van der Waals surface area contributed by atoms with Gasteiger partial charge in [0.25, 0.3) is 5.56 Å². The smallest absolute Gasteiger partial charge is 0.260 e. The molecule has 0 aliphatic carbocycles. The number of nitrogens with one attached hydrogen (secondary N) is 2. The first kappa shape index (κ1) is 23.9. The number of rotatable bonds is 7. The third-order valence-electron chi connectivity index (χ3n) is 5.53. The van der Waals surface area contributed by atoms with E-state index in [0.717, 1.165) is 11.1 Å². The van der Waals surface area contributed by atoms with Crippen LogP contribution in [-0.2, 0) is 4.79 Å². The highest BCUT2D eigenvalue weighted by atomic mass is 32.2. The molecule has 0 fully saturated rings. The largest absolute Gasteiger partial charge is 0.325 e. The van der Waals surface area contributed by atoms with Crippen LogP contribution in [0, 0.1) is 0 Å². The zero-order valence-electron chi connectivity index (χ0n) is 19.3. The lowest BCUT2D eigenvalue weighted by atomic mass is 9.99. The third kappa shape index (κ3) is 5.13. The van der Waals surface area contributed by atoms with Crippen molar-refractivity contribution in [3.8, 4) is 11.1 Å². The molecule has 1 amide bonds. The van der Waals surface area contributed by atoms with Gasteiger partial charge in [0.1, 0.15) is 4.83 Å². The molecule has 4 rings (SSSR count). The summed E-state index contributed by atoms with van der Waals surface area (Å²) in [6.07, 6.45) is 0.